The van der Waals surface area contributed by atoms with Gasteiger partial charge in [0.2, 0.25) is 5.91 Å². The summed E-state index contributed by atoms with van der Waals surface area (Å²) in [5, 5.41) is 2.92. The van der Waals surface area contributed by atoms with Crippen LogP contribution in [0.3, 0.4) is 0 Å². The highest BCUT2D eigenvalue weighted by Crippen LogP contribution is 2.32. The highest BCUT2D eigenvalue weighted by molar-refractivity contribution is 6.01. The van der Waals surface area contributed by atoms with Crippen LogP contribution in [-0.2, 0) is 4.79 Å². The molecule has 1 heterocycles. The van der Waals surface area contributed by atoms with Crippen LogP contribution in [0.25, 0.3) is 0 Å². The van der Waals surface area contributed by atoms with Gasteiger partial charge in [0.1, 0.15) is 0 Å². The van der Waals surface area contributed by atoms with Crippen molar-refractivity contribution in [3.63, 3.8) is 0 Å². The van der Waals surface area contributed by atoms with E-state index < -0.39 is 0 Å². The molecule has 0 spiro atoms. The van der Waals surface area contributed by atoms with Crippen LogP contribution in [-0.4, -0.2) is 18.5 Å². The molecule has 1 amide bonds. The summed E-state index contributed by atoms with van der Waals surface area (Å²) in [5.41, 5.74) is 3.30. The molecular formula is C13H18N2O. The smallest absolute Gasteiger partial charge is 0.243 e. The van der Waals surface area contributed by atoms with Gasteiger partial charge in [-0.3, -0.25) is 4.79 Å². The average molecular weight is 218 g/mol. The lowest BCUT2D eigenvalue weighted by atomic mass is 10.1. The van der Waals surface area contributed by atoms with Crippen LogP contribution < -0.4 is 10.2 Å². The van der Waals surface area contributed by atoms with Crippen molar-refractivity contribution in [3.05, 3.63) is 23.8 Å². The molecule has 1 aromatic rings. The molecule has 0 radical (unpaired) electrons. The molecule has 0 saturated heterocycles. The zero-order valence-electron chi connectivity index (χ0n) is 10.1. The monoisotopic (exact) mass is 218 g/mol. The summed E-state index contributed by atoms with van der Waals surface area (Å²) in [5.74, 6) is 0.0802. The highest BCUT2D eigenvalue weighted by atomic mass is 16.2. The van der Waals surface area contributed by atoms with Gasteiger partial charge in [0, 0.05) is 6.04 Å². The molecule has 1 aromatic carbocycles. The van der Waals surface area contributed by atoms with E-state index in [1.807, 2.05) is 12.1 Å². The minimum atomic E-state index is 0.0802. The van der Waals surface area contributed by atoms with Gasteiger partial charge in [0.15, 0.2) is 0 Å². The summed E-state index contributed by atoms with van der Waals surface area (Å²) in [6.45, 7) is 6.84. The number of hydrogen-bond donors (Lipinski definition) is 1. The third-order valence-electron chi connectivity index (χ3n) is 3.17. The quantitative estimate of drug-likeness (QED) is 0.827. The lowest BCUT2D eigenvalue weighted by molar-refractivity contribution is -0.115. The third kappa shape index (κ3) is 1.90. The van der Waals surface area contributed by atoms with Crippen molar-refractivity contribution in [1.29, 1.82) is 0 Å². The molecule has 1 atom stereocenters. The number of carbonyl (C=O) groups excluding carboxylic acids is 1. The van der Waals surface area contributed by atoms with Gasteiger partial charge in [0.05, 0.1) is 17.9 Å². The van der Waals surface area contributed by atoms with Crippen molar-refractivity contribution in [2.75, 3.05) is 16.8 Å². The molecule has 0 aliphatic carbocycles. The van der Waals surface area contributed by atoms with Crippen molar-refractivity contribution in [1.82, 2.24) is 0 Å². The Bertz CT molecular complexity index is 414. The van der Waals surface area contributed by atoms with Crippen LogP contribution in [0.2, 0.25) is 0 Å². The molecule has 1 aliphatic heterocycles. The minimum absolute atomic E-state index is 0.0802. The maximum Gasteiger partial charge on any atom is 0.243 e. The summed E-state index contributed by atoms with van der Waals surface area (Å²) < 4.78 is 0. The normalized spacial score (nSPS) is 16.7. The van der Waals surface area contributed by atoms with Crippen molar-refractivity contribution in [2.24, 2.45) is 0 Å². The summed E-state index contributed by atoms with van der Waals surface area (Å²) in [4.78, 5) is 13.8. The number of aryl methyl sites for hydroxylation is 1. The predicted molar refractivity (Wildman–Crippen MR) is 66.9 cm³/mol. The van der Waals surface area contributed by atoms with E-state index in [9.17, 15) is 4.79 Å². The first-order valence-electron chi connectivity index (χ1n) is 5.79. The molecule has 3 nitrogen and oxygen atoms in total. The van der Waals surface area contributed by atoms with E-state index in [0.717, 1.165) is 17.8 Å². The molecule has 3 heteroatoms. The van der Waals surface area contributed by atoms with E-state index in [4.69, 9.17) is 0 Å². The number of nitrogens with one attached hydrogen (secondary N) is 1. The Hall–Kier alpha value is -1.51. The van der Waals surface area contributed by atoms with Gasteiger partial charge in [-0.1, -0.05) is 13.0 Å². The van der Waals surface area contributed by atoms with Gasteiger partial charge < -0.3 is 10.2 Å². The van der Waals surface area contributed by atoms with E-state index in [-0.39, 0.29) is 5.91 Å². The van der Waals surface area contributed by atoms with E-state index in [1.54, 1.807) is 0 Å². The van der Waals surface area contributed by atoms with Crippen molar-refractivity contribution in [3.8, 4) is 0 Å². The van der Waals surface area contributed by atoms with Crippen molar-refractivity contribution in [2.45, 2.75) is 33.2 Å². The number of hydrogen-bond acceptors (Lipinski definition) is 2. The van der Waals surface area contributed by atoms with Gasteiger partial charge in [-0.2, -0.15) is 0 Å². The zero-order valence-corrected chi connectivity index (χ0v) is 10.1. The predicted octanol–water partition coefficient (Wildman–Crippen LogP) is 2.55. The Morgan fingerprint density at radius 2 is 2.25 bits per heavy atom. The van der Waals surface area contributed by atoms with Gasteiger partial charge in [-0.15, -0.1) is 0 Å². The zero-order chi connectivity index (χ0) is 11.7. The Morgan fingerprint density at radius 3 is 2.94 bits per heavy atom. The number of anilines is 2. The molecule has 0 aromatic heterocycles. The summed E-state index contributed by atoms with van der Waals surface area (Å²) in [7, 11) is 0. The maximum atomic E-state index is 11.6. The lowest BCUT2D eigenvalue weighted by Crippen LogP contribution is -2.43. The molecule has 1 N–H and O–H groups in total. The fourth-order valence-corrected chi connectivity index (χ4v) is 2.03. The van der Waals surface area contributed by atoms with Gasteiger partial charge in [-0.05, 0) is 38.0 Å². The first kappa shape index (κ1) is 11.0. The van der Waals surface area contributed by atoms with Gasteiger partial charge in [-0.25, -0.2) is 0 Å². The van der Waals surface area contributed by atoms with Gasteiger partial charge in [0.25, 0.3) is 0 Å². The molecule has 0 fully saturated rings. The number of amides is 1. The first-order valence-corrected chi connectivity index (χ1v) is 5.79. The SMILES string of the molecule is CCC(C)N1CC(=O)Nc2ccc(C)cc21. The Kier molecular flexibility index (Phi) is 2.86. The largest absolute Gasteiger partial charge is 0.358 e. The van der Waals surface area contributed by atoms with Crippen LogP contribution >= 0.6 is 0 Å². The van der Waals surface area contributed by atoms with Crippen LogP contribution in [0.4, 0.5) is 11.4 Å². The number of benzene rings is 1. The number of rotatable bonds is 2. The molecule has 0 bridgehead atoms. The second-order valence-corrected chi connectivity index (χ2v) is 4.45. The molecule has 1 unspecified atom stereocenters. The second kappa shape index (κ2) is 4.16. The van der Waals surface area contributed by atoms with E-state index in [2.05, 4.69) is 37.1 Å². The summed E-state index contributed by atoms with van der Waals surface area (Å²) >= 11 is 0. The summed E-state index contributed by atoms with van der Waals surface area (Å²) in [6, 6.07) is 6.55. The fraction of sp³-hybridized carbons (Fsp3) is 0.462. The average Bonchev–Trinajstić information content (AvgIpc) is 2.27. The van der Waals surface area contributed by atoms with E-state index in [1.165, 1.54) is 5.56 Å². The molecule has 16 heavy (non-hydrogen) atoms. The Morgan fingerprint density at radius 1 is 1.50 bits per heavy atom. The minimum Gasteiger partial charge on any atom is -0.358 e. The lowest BCUT2D eigenvalue weighted by Gasteiger charge is -2.35. The van der Waals surface area contributed by atoms with E-state index >= 15 is 0 Å². The van der Waals surface area contributed by atoms with Crippen LogP contribution in [0.15, 0.2) is 18.2 Å². The second-order valence-electron chi connectivity index (χ2n) is 4.45. The molecule has 2 rings (SSSR count). The van der Waals surface area contributed by atoms with Crippen LogP contribution in [0.1, 0.15) is 25.8 Å². The van der Waals surface area contributed by atoms with E-state index in [0.29, 0.717) is 12.6 Å². The fourth-order valence-electron chi connectivity index (χ4n) is 2.03. The van der Waals surface area contributed by atoms with Crippen LogP contribution in [0, 0.1) is 6.92 Å². The summed E-state index contributed by atoms with van der Waals surface area (Å²) in [6.07, 6.45) is 1.04. The number of nitrogens with zero attached hydrogens (tertiary/aromatic N) is 1. The first-order chi connectivity index (χ1) is 7.61. The molecule has 1 aliphatic rings. The number of carbonyl (C=O) groups is 1. The van der Waals surface area contributed by atoms with Crippen LogP contribution in [0.5, 0.6) is 0 Å². The Balaban J connectivity index is 2.43. The number of fused-ring (bicyclic) bond motifs is 1. The third-order valence-corrected chi connectivity index (χ3v) is 3.17. The van der Waals surface area contributed by atoms with Crippen molar-refractivity contribution < 1.29 is 4.79 Å². The van der Waals surface area contributed by atoms with Crippen molar-refractivity contribution >= 4 is 17.3 Å². The molecule has 0 saturated carbocycles. The highest BCUT2D eigenvalue weighted by Gasteiger charge is 2.24. The molecule has 86 valence electrons. The maximum absolute atomic E-state index is 11.6. The standard InChI is InChI=1S/C13H18N2O/c1-4-10(3)15-8-13(16)14-11-6-5-9(2)7-12(11)15/h5-7,10H,4,8H2,1-3H3,(H,14,16). The molecular weight excluding hydrogens is 200 g/mol. The van der Waals surface area contributed by atoms with Gasteiger partial charge >= 0.3 is 0 Å². The Labute approximate surface area is 96.5 Å². The topological polar surface area (TPSA) is 32.3 Å².